The third kappa shape index (κ3) is 4.48. The summed E-state index contributed by atoms with van der Waals surface area (Å²) in [6.45, 7) is 13.8. The first kappa shape index (κ1) is 26.2. The van der Waals surface area contributed by atoms with Gasteiger partial charge in [0.1, 0.15) is 11.6 Å². The quantitative estimate of drug-likeness (QED) is 0.177. The second-order valence-electron chi connectivity index (χ2n) is 9.65. The lowest BCUT2D eigenvalue weighted by Gasteiger charge is -2.44. The Kier molecular flexibility index (Phi) is 7.96. The lowest BCUT2D eigenvalue weighted by Crippen LogP contribution is -2.51. The zero-order chi connectivity index (χ0) is 24.7. The molecule has 3 rings (SSSR count). The molecule has 178 valence electrons. The van der Waals surface area contributed by atoms with Crippen molar-refractivity contribution < 1.29 is 8.78 Å². The third-order valence-corrected chi connectivity index (χ3v) is 15.3. The van der Waals surface area contributed by atoms with E-state index in [1.165, 1.54) is 17.8 Å². The molecule has 0 spiro atoms. The van der Waals surface area contributed by atoms with E-state index in [9.17, 15) is 4.39 Å². The summed E-state index contributed by atoms with van der Waals surface area (Å²) in [5.74, 6) is -0.693. The molecule has 0 saturated carbocycles. The van der Waals surface area contributed by atoms with Gasteiger partial charge < -0.3 is 4.23 Å². The first-order valence-electron chi connectivity index (χ1n) is 11.4. The summed E-state index contributed by atoms with van der Waals surface area (Å²) in [7, 11) is -2.02. The average Bonchev–Trinajstić information content (AvgIpc) is 3.15. The number of nitrogens with zero attached hydrogens (tertiary/aromatic N) is 1. The van der Waals surface area contributed by atoms with Gasteiger partial charge in [-0.1, -0.05) is 47.6 Å². The van der Waals surface area contributed by atoms with E-state index in [0.29, 0.717) is 28.6 Å². The van der Waals surface area contributed by atoms with Crippen LogP contribution in [0.1, 0.15) is 58.2 Å². The average molecular weight is 552 g/mol. The first-order valence-corrected chi connectivity index (χ1v) is 15.6. The topological polar surface area (TPSA) is 28.8 Å². The Morgan fingerprint density at radius 1 is 1.00 bits per heavy atom. The number of rotatable bonds is 7. The SMILES string of the molecule is CSC(=N)c1cc(Cc2c(F)cc3c(ccn3[Si](C(C)C)(C(C)C)C(C)C)c2Br)ccc1F. The van der Waals surface area contributed by atoms with Gasteiger partial charge in [0.25, 0.3) is 0 Å². The molecule has 0 aliphatic rings. The van der Waals surface area contributed by atoms with Crippen LogP contribution in [0.5, 0.6) is 0 Å². The van der Waals surface area contributed by atoms with Crippen molar-refractivity contribution in [3.63, 3.8) is 0 Å². The summed E-state index contributed by atoms with van der Waals surface area (Å²) in [4.78, 5) is 0. The number of fused-ring (bicyclic) bond motifs is 1. The Morgan fingerprint density at radius 2 is 1.61 bits per heavy atom. The van der Waals surface area contributed by atoms with Crippen molar-refractivity contribution >= 4 is 51.9 Å². The Hall–Kier alpha value is -1.44. The molecule has 0 saturated heterocycles. The standard InChI is InChI=1S/C26H33BrF2N2SSi/c1-15(2)33(16(3)4,17(5)6)31-11-10-19-24(31)14-23(29)20(25(19)27)12-18-8-9-22(28)21(13-18)26(30)32-7/h8-11,13-17,30H,12H2,1-7H3. The second kappa shape index (κ2) is 10.0. The Bertz CT molecular complexity index is 1160. The minimum Gasteiger partial charge on any atom is -0.373 e. The van der Waals surface area contributed by atoms with Crippen LogP contribution in [0.25, 0.3) is 10.9 Å². The van der Waals surface area contributed by atoms with E-state index in [0.717, 1.165) is 20.9 Å². The van der Waals surface area contributed by atoms with Crippen molar-refractivity contribution in [1.29, 1.82) is 5.41 Å². The maximum atomic E-state index is 15.6. The minimum absolute atomic E-state index is 0.166. The molecule has 0 atom stereocenters. The summed E-state index contributed by atoms with van der Waals surface area (Å²) in [6, 6.07) is 8.46. The monoisotopic (exact) mass is 550 g/mol. The maximum Gasteiger partial charge on any atom is 0.169 e. The van der Waals surface area contributed by atoms with Crippen LogP contribution < -0.4 is 0 Å². The van der Waals surface area contributed by atoms with Gasteiger partial charge in [-0.15, -0.1) is 11.8 Å². The molecule has 33 heavy (non-hydrogen) atoms. The molecule has 0 unspecified atom stereocenters. The van der Waals surface area contributed by atoms with E-state index in [1.54, 1.807) is 24.5 Å². The van der Waals surface area contributed by atoms with E-state index in [4.69, 9.17) is 5.41 Å². The summed E-state index contributed by atoms with van der Waals surface area (Å²) in [6.07, 6.45) is 4.22. The summed E-state index contributed by atoms with van der Waals surface area (Å²) >= 11 is 4.89. The Labute approximate surface area is 209 Å². The number of benzene rings is 2. The lowest BCUT2D eigenvalue weighted by molar-refractivity contribution is 0.613. The molecule has 1 N–H and O–H groups in total. The van der Waals surface area contributed by atoms with Gasteiger partial charge in [0.05, 0.1) is 5.04 Å². The van der Waals surface area contributed by atoms with Gasteiger partial charge in [-0.2, -0.15) is 0 Å². The van der Waals surface area contributed by atoms with E-state index in [2.05, 4.69) is 74.0 Å². The molecule has 0 amide bonds. The largest absolute Gasteiger partial charge is 0.373 e. The van der Waals surface area contributed by atoms with Crippen molar-refractivity contribution in [2.24, 2.45) is 0 Å². The highest BCUT2D eigenvalue weighted by Crippen LogP contribution is 2.45. The molecule has 1 heterocycles. The smallest absolute Gasteiger partial charge is 0.169 e. The fraction of sp³-hybridized carbons (Fsp3) is 0.423. The van der Waals surface area contributed by atoms with Crippen LogP contribution in [0.3, 0.4) is 0 Å². The highest BCUT2D eigenvalue weighted by Gasteiger charge is 2.45. The number of halogens is 3. The highest BCUT2D eigenvalue weighted by molar-refractivity contribution is 9.10. The number of hydrogen-bond donors (Lipinski definition) is 1. The van der Waals surface area contributed by atoms with Crippen LogP contribution in [-0.4, -0.2) is 23.8 Å². The molecule has 7 heteroatoms. The number of hydrogen-bond acceptors (Lipinski definition) is 2. The fourth-order valence-electron chi connectivity index (χ4n) is 5.76. The zero-order valence-corrected chi connectivity index (χ0v) is 23.8. The van der Waals surface area contributed by atoms with E-state index < -0.39 is 14.1 Å². The van der Waals surface area contributed by atoms with Gasteiger partial charge >= 0.3 is 0 Å². The van der Waals surface area contributed by atoms with Crippen molar-refractivity contribution in [2.75, 3.05) is 6.26 Å². The normalized spacial score (nSPS) is 12.5. The van der Waals surface area contributed by atoms with Crippen LogP contribution >= 0.6 is 27.7 Å². The van der Waals surface area contributed by atoms with Gasteiger partial charge in [0.15, 0.2) is 8.24 Å². The van der Waals surface area contributed by atoms with E-state index in [-0.39, 0.29) is 16.4 Å². The van der Waals surface area contributed by atoms with Gasteiger partial charge in [-0.3, -0.25) is 5.41 Å². The molecule has 0 radical (unpaired) electrons. The van der Waals surface area contributed by atoms with Gasteiger partial charge in [-0.25, -0.2) is 8.78 Å². The predicted molar refractivity (Wildman–Crippen MR) is 146 cm³/mol. The van der Waals surface area contributed by atoms with Crippen molar-refractivity contribution in [3.8, 4) is 0 Å². The number of thioether (sulfide) groups is 1. The number of aromatic nitrogens is 1. The van der Waals surface area contributed by atoms with Crippen molar-refractivity contribution in [2.45, 2.75) is 64.6 Å². The van der Waals surface area contributed by atoms with Crippen LogP contribution in [0.15, 0.2) is 41.0 Å². The molecule has 0 fully saturated rings. The highest BCUT2D eigenvalue weighted by atomic mass is 79.9. The Morgan fingerprint density at radius 3 is 2.15 bits per heavy atom. The molecule has 0 bridgehead atoms. The molecule has 2 aromatic carbocycles. The molecule has 3 aromatic rings. The molecule has 0 aliphatic carbocycles. The van der Waals surface area contributed by atoms with Crippen molar-refractivity contribution in [1.82, 2.24) is 4.23 Å². The summed E-state index contributed by atoms with van der Waals surface area (Å²) < 4.78 is 32.9. The second-order valence-corrected chi connectivity index (χ2v) is 17.0. The molecule has 2 nitrogen and oxygen atoms in total. The molecular formula is C26H33BrF2N2SSi. The lowest BCUT2D eigenvalue weighted by atomic mass is 10.0. The summed E-state index contributed by atoms with van der Waals surface area (Å²) in [5, 5.41) is 9.16. The fourth-order valence-corrected chi connectivity index (χ4v) is 13.4. The van der Waals surface area contributed by atoms with Gasteiger partial charge in [0, 0.05) is 32.9 Å². The van der Waals surface area contributed by atoms with Crippen LogP contribution in [-0.2, 0) is 6.42 Å². The van der Waals surface area contributed by atoms with Crippen LogP contribution in [0, 0.1) is 17.0 Å². The molecule has 1 aromatic heterocycles. The third-order valence-electron chi connectivity index (χ3n) is 7.03. The zero-order valence-electron chi connectivity index (χ0n) is 20.4. The molecular weight excluding hydrogens is 518 g/mol. The van der Waals surface area contributed by atoms with Crippen LogP contribution in [0.2, 0.25) is 16.6 Å². The van der Waals surface area contributed by atoms with Gasteiger partial charge in [-0.05, 0) is 74.8 Å². The number of nitrogens with one attached hydrogen (secondary N) is 1. The van der Waals surface area contributed by atoms with Crippen LogP contribution in [0.4, 0.5) is 8.78 Å². The Balaban J connectivity index is 2.15. The van der Waals surface area contributed by atoms with E-state index in [1.807, 2.05) is 0 Å². The molecule has 0 aliphatic heterocycles. The first-order chi connectivity index (χ1) is 15.5. The summed E-state index contributed by atoms with van der Waals surface area (Å²) in [5.41, 5.74) is 4.02. The minimum atomic E-state index is -2.02. The maximum absolute atomic E-state index is 15.6. The van der Waals surface area contributed by atoms with Gasteiger partial charge in [0.2, 0.25) is 0 Å². The predicted octanol–water partition coefficient (Wildman–Crippen LogP) is 8.98. The van der Waals surface area contributed by atoms with E-state index >= 15 is 4.39 Å². The van der Waals surface area contributed by atoms with Crippen molar-refractivity contribution in [3.05, 3.63) is 69.3 Å².